The van der Waals surface area contributed by atoms with Crippen LogP contribution in [0.3, 0.4) is 0 Å². The maximum absolute atomic E-state index is 2.60. The molecule has 0 atom stereocenters. The van der Waals surface area contributed by atoms with Crippen LogP contribution in [-0.4, -0.2) is 9.13 Å². The first kappa shape index (κ1) is 47.4. The average molecular weight is 877 g/mol. The molecule has 0 bridgehead atoms. The molecule has 0 fully saturated rings. The van der Waals surface area contributed by atoms with E-state index in [1.54, 1.807) is 0 Å². The summed E-state index contributed by atoms with van der Waals surface area (Å²) in [5.74, 6) is 0. The molecule has 8 aromatic rings. The molecule has 0 aliphatic rings. The van der Waals surface area contributed by atoms with Crippen LogP contribution in [0.2, 0.25) is 0 Å². The van der Waals surface area contributed by atoms with E-state index in [-0.39, 0.29) is 37.9 Å². The topological polar surface area (TPSA) is 9.86 Å². The van der Waals surface area contributed by atoms with Crippen LogP contribution in [0.15, 0.2) is 103 Å². The van der Waals surface area contributed by atoms with Gasteiger partial charge in [0, 0.05) is 27.2 Å². The summed E-state index contributed by atoms with van der Waals surface area (Å²) in [5, 5.41) is 5.27. The molecule has 346 valence electrons. The van der Waals surface area contributed by atoms with Gasteiger partial charge in [0.2, 0.25) is 0 Å². The van der Waals surface area contributed by atoms with Crippen molar-refractivity contribution in [2.24, 2.45) is 0 Å². The maximum atomic E-state index is 2.60. The SMILES string of the molecule is CC(C)(C)c1cc(-c2cccc3c2c2c(C(C)(C)C)c(-n4c5ccc(C(C)(C)C)cc5c5cc(C(C)(C)C)ccc54)ccc2n3-c2cc(C(C)(C)C)cc(C(C)(C)C)c2)cc(C(C)(C)C)c1. The second-order valence-electron chi connectivity index (χ2n) is 27.0. The van der Waals surface area contributed by atoms with Crippen LogP contribution in [0.25, 0.3) is 66.1 Å². The molecule has 0 saturated heterocycles. The van der Waals surface area contributed by atoms with Gasteiger partial charge in [0.25, 0.3) is 0 Å². The highest BCUT2D eigenvalue weighted by molar-refractivity contribution is 6.19. The smallest absolute Gasteiger partial charge is 0.0547 e. The van der Waals surface area contributed by atoms with Crippen LogP contribution in [0.4, 0.5) is 0 Å². The van der Waals surface area contributed by atoms with Gasteiger partial charge in [0.1, 0.15) is 0 Å². The first-order chi connectivity index (χ1) is 30.2. The molecule has 0 unspecified atom stereocenters. The minimum Gasteiger partial charge on any atom is -0.309 e. The second kappa shape index (κ2) is 15.2. The lowest BCUT2D eigenvalue weighted by atomic mass is 9.78. The summed E-state index contributed by atoms with van der Waals surface area (Å²) in [6.45, 7) is 49.5. The van der Waals surface area contributed by atoms with Gasteiger partial charge in [0.15, 0.2) is 0 Å². The zero-order valence-electron chi connectivity index (χ0n) is 44.7. The van der Waals surface area contributed by atoms with E-state index in [4.69, 9.17) is 0 Å². The number of benzene rings is 6. The summed E-state index contributed by atoms with van der Waals surface area (Å²) < 4.78 is 5.21. The first-order valence-electron chi connectivity index (χ1n) is 24.7. The fourth-order valence-electron chi connectivity index (χ4n) is 10.1. The Kier molecular flexibility index (Phi) is 10.9. The van der Waals surface area contributed by atoms with E-state index in [9.17, 15) is 0 Å². The van der Waals surface area contributed by atoms with Crippen molar-refractivity contribution in [3.05, 3.63) is 142 Å². The van der Waals surface area contributed by atoms with Crippen molar-refractivity contribution in [3.63, 3.8) is 0 Å². The Balaban J connectivity index is 1.62. The minimum atomic E-state index is -0.242. The van der Waals surface area contributed by atoms with Gasteiger partial charge in [-0.2, -0.15) is 0 Å². The Morgan fingerprint density at radius 3 is 1.11 bits per heavy atom. The lowest BCUT2D eigenvalue weighted by molar-refractivity contribution is 0.567. The molecular formula is C64H80N2. The van der Waals surface area contributed by atoms with Gasteiger partial charge in [-0.1, -0.05) is 194 Å². The number of hydrogen-bond donors (Lipinski definition) is 0. The zero-order valence-corrected chi connectivity index (χ0v) is 44.7. The third-order valence-corrected chi connectivity index (χ3v) is 14.3. The fraction of sp³-hybridized carbons (Fsp3) is 0.438. The molecule has 0 amide bonds. The third kappa shape index (κ3) is 8.34. The Morgan fingerprint density at radius 1 is 0.303 bits per heavy atom. The average Bonchev–Trinajstić information content (AvgIpc) is 3.70. The molecule has 2 aromatic heterocycles. The van der Waals surface area contributed by atoms with E-state index >= 15 is 0 Å². The predicted octanol–water partition coefficient (Wildman–Crippen LogP) is 18.6. The molecule has 6 aromatic carbocycles. The van der Waals surface area contributed by atoms with Crippen molar-refractivity contribution in [1.29, 1.82) is 0 Å². The lowest BCUT2D eigenvalue weighted by Crippen LogP contribution is -2.17. The van der Waals surface area contributed by atoms with E-state index in [1.165, 1.54) is 105 Å². The molecule has 8 rings (SSSR count). The van der Waals surface area contributed by atoms with E-state index in [0.29, 0.717) is 0 Å². The van der Waals surface area contributed by atoms with Gasteiger partial charge < -0.3 is 9.13 Å². The summed E-state index contributed by atoms with van der Waals surface area (Å²) in [6.07, 6.45) is 0. The van der Waals surface area contributed by atoms with Crippen molar-refractivity contribution in [3.8, 4) is 22.5 Å². The van der Waals surface area contributed by atoms with Crippen LogP contribution < -0.4 is 0 Å². The highest BCUT2D eigenvalue weighted by Gasteiger charge is 2.32. The number of rotatable bonds is 3. The number of aromatic nitrogens is 2. The van der Waals surface area contributed by atoms with Crippen LogP contribution in [0, 0.1) is 0 Å². The van der Waals surface area contributed by atoms with Gasteiger partial charge in [-0.05, 0) is 143 Å². The molecule has 2 nitrogen and oxygen atoms in total. The lowest BCUT2D eigenvalue weighted by Gasteiger charge is -2.28. The summed E-state index contributed by atoms with van der Waals surface area (Å²) in [4.78, 5) is 0. The standard InChI is InChI=1S/C64H80N2/c1-58(2,3)40-25-27-50-48(37-40)49-38-41(59(4,5)6)26-28-51(49)66(50)54-30-29-53-56(57(54)64(19,20)21)55-47(39-31-42(60(7,8)9)33-43(32-39)61(10,11)12)23-22-24-52(55)65(53)46-35-44(62(13,14)15)34-45(36-46)63(16,17)18/h22-38H,1-21H3. The van der Waals surface area contributed by atoms with Crippen LogP contribution in [0.5, 0.6) is 0 Å². The van der Waals surface area contributed by atoms with E-state index in [0.717, 1.165) is 0 Å². The molecule has 0 N–H and O–H groups in total. The number of hydrogen-bond acceptors (Lipinski definition) is 0. The Labute approximate surface area is 398 Å². The molecule has 0 aliphatic carbocycles. The minimum absolute atomic E-state index is 0.0192. The van der Waals surface area contributed by atoms with Gasteiger partial charge in [0.05, 0.1) is 27.8 Å². The van der Waals surface area contributed by atoms with Crippen molar-refractivity contribution in [2.45, 2.75) is 183 Å². The van der Waals surface area contributed by atoms with Crippen molar-refractivity contribution < 1.29 is 0 Å². The van der Waals surface area contributed by atoms with Crippen LogP contribution in [0.1, 0.15) is 184 Å². The normalized spacial score (nSPS) is 13.8. The molecule has 0 aliphatic heterocycles. The summed E-state index contributed by atoms with van der Waals surface area (Å²) in [6, 6.07) is 41.3. The molecular weight excluding hydrogens is 797 g/mol. The van der Waals surface area contributed by atoms with E-state index in [2.05, 4.69) is 258 Å². The van der Waals surface area contributed by atoms with Crippen molar-refractivity contribution in [2.75, 3.05) is 0 Å². The second-order valence-corrected chi connectivity index (χ2v) is 27.0. The van der Waals surface area contributed by atoms with Gasteiger partial charge in [-0.25, -0.2) is 0 Å². The molecule has 0 spiro atoms. The zero-order chi connectivity index (χ0) is 48.6. The molecule has 0 radical (unpaired) electrons. The highest BCUT2D eigenvalue weighted by Crippen LogP contribution is 2.49. The summed E-state index contributed by atoms with van der Waals surface area (Å²) in [5.41, 5.74) is 19.2. The largest absolute Gasteiger partial charge is 0.309 e. The Hall–Kier alpha value is -5.08. The first-order valence-corrected chi connectivity index (χ1v) is 24.7. The van der Waals surface area contributed by atoms with Crippen LogP contribution >= 0.6 is 0 Å². The summed E-state index contributed by atoms with van der Waals surface area (Å²) >= 11 is 0. The predicted molar refractivity (Wildman–Crippen MR) is 291 cm³/mol. The monoisotopic (exact) mass is 877 g/mol. The van der Waals surface area contributed by atoms with E-state index < -0.39 is 0 Å². The quantitative estimate of drug-likeness (QED) is 0.167. The summed E-state index contributed by atoms with van der Waals surface area (Å²) in [7, 11) is 0. The van der Waals surface area contributed by atoms with Gasteiger partial charge in [-0.3, -0.25) is 0 Å². The Morgan fingerprint density at radius 2 is 0.697 bits per heavy atom. The maximum Gasteiger partial charge on any atom is 0.0547 e. The van der Waals surface area contributed by atoms with Crippen molar-refractivity contribution >= 4 is 43.6 Å². The third-order valence-electron chi connectivity index (χ3n) is 14.3. The van der Waals surface area contributed by atoms with E-state index in [1.807, 2.05) is 0 Å². The number of nitrogens with zero attached hydrogens (tertiary/aromatic N) is 2. The molecule has 2 heteroatoms. The molecule has 2 heterocycles. The fourth-order valence-corrected chi connectivity index (χ4v) is 10.1. The van der Waals surface area contributed by atoms with Crippen molar-refractivity contribution in [1.82, 2.24) is 9.13 Å². The highest BCUT2D eigenvalue weighted by atomic mass is 15.0. The van der Waals surface area contributed by atoms with Gasteiger partial charge >= 0.3 is 0 Å². The Bertz CT molecular complexity index is 3060. The number of fused-ring (bicyclic) bond motifs is 6. The van der Waals surface area contributed by atoms with Gasteiger partial charge in [-0.15, -0.1) is 0 Å². The van der Waals surface area contributed by atoms with Crippen LogP contribution in [-0.2, 0) is 37.9 Å². The molecule has 0 saturated carbocycles. The molecule has 66 heavy (non-hydrogen) atoms.